The lowest BCUT2D eigenvalue weighted by Crippen LogP contribution is -2.53. The second kappa shape index (κ2) is 8.49. The predicted octanol–water partition coefficient (Wildman–Crippen LogP) is -0.0691. The minimum Gasteiger partial charge on any atom is -0.381 e. The molecule has 23 heavy (non-hydrogen) atoms. The fourth-order valence-corrected chi connectivity index (χ4v) is 3.09. The lowest BCUT2D eigenvalue weighted by molar-refractivity contribution is -0.122. The number of amides is 1. The summed E-state index contributed by atoms with van der Waals surface area (Å²) in [5.74, 6) is 0.972. The summed E-state index contributed by atoms with van der Waals surface area (Å²) in [6, 6.07) is 0.246. The van der Waals surface area contributed by atoms with Gasteiger partial charge < -0.3 is 25.6 Å². The monoisotopic (exact) mass is 325 g/mol. The lowest BCUT2D eigenvalue weighted by Gasteiger charge is -2.41. The van der Waals surface area contributed by atoms with E-state index >= 15 is 0 Å². The summed E-state index contributed by atoms with van der Waals surface area (Å²) >= 11 is 0. The molecule has 0 aromatic rings. The van der Waals surface area contributed by atoms with Gasteiger partial charge in [0.2, 0.25) is 5.91 Å². The predicted molar refractivity (Wildman–Crippen MR) is 91.6 cm³/mol. The first-order valence-corrected chi connectivity index (χ1v) is 8.62. The van der Waals surface area contributed by atoms with Crippen molar-refractivity contribution in [3.05, 3.63) is 0 Å². The maximum Gasteiger partial charge on any atom is 0.220 e. The van der Waals surface area contributed by atoms with E-state index in [2.05, 4.69) is 41.9 Å². The number of carbonyl (C=O) groups is 1. The van der Waals surface area contributed by atoms with Gasteiger partial charge >= 0.3 is 0 Å². The molecule has 0 saturated carbocycles. The van der Waals surface area contributed by atoms with Gasteiger partial charge in [-0.25, -0.2) is 0 Å². The van der Waals surface area contributed by atoms with E-state index in [1.807, 2.05) is 0 Å². The fourth-order valence-electron chi connectivity index (χ4n) is 3.09. The minimum atomic E-state index is 0.0708. The molecule has 2 aliphatic rings. The zero-order chi connectivity index (χ0) is 16.7. The van der Waals surface area contributed by atoms with Gasteiger partial charge in [-0.05, 0) is 40.3 Å². The van der Waals surface area contributed by atoms with Gasteiger partial charge in [0.05, 0.1) is 6.54 Å². The van der Waals surface area contributed by atoms with Crippen LogP contribution in [0.3, 0.4) is 0 Å². The second-order valence-corrected chi connectivity index (χ2v) is 6.61. The van der Waals surface area contributed by atoms with Crippen LogP contribution in [0.2, 0.25) is 0 Å². The topological polar surface area (TPSA) is 78.0 Å². The zero-order valence-electron chi connectivity index (χ0n) is 14.7. The number of ether oxygens (including phenoxy) is 1. The van der Waals surface area contributed by atoms with E-state index in [9.17, 15) is 4.79 Å². The molecule has 2 heterocycles. The van der Waals surface area contributed by atoms with Crippen molar-refractivity contribution < 1.29 is 9.53 Å². The molecular formula is C16H31N5O2. The number of nitrogens with one attached hydrogen (secondary N) is 3. The van der Waals surface area contributed by atoms with Crippen molar-refractivity contribution in [1.82, 2.24) is 20.9 Å². The molecule has 7 nitrogen and oxygen atoms in total. The van der Waals surface area contributed by atoms with Gasteiger partial charge in [-0.15, -0.1) is 0 Å². The molecule has 0 aromatic heterocycles. The van der Waals surface area contributed by atoms with Crippen LogP contribution in [0.25, 0.3) is 0 Å². The van der Waals surface area contributed by atoms with E-state index in [-0.39, 0.29) is 17.5 Å². The third-order valence-electron chi connectivity index (χ3n) is 4.85. The average Bonchev–Trinajstić information content (AvgIpc) is 2.55. The molecule has 132 valence electrons. The molecule has 1 atom stereocenters. The maximum absolute atomic E-state index is 11.3. The number of hydrogen-bond donors (Lipinski definition) is 3. The first kappa shape index (κ1) is 18.0. The highest BCUT2D eigenvalue weighted by molar-refractivity contribution is 5.81. The standard InChI is InChI=1S/C16H31N5O2/c1-4-17-15(20-13-5-6-14(22)18-11-13)19-12-16(21(2)3)7-9-23-10-8-16/h13H,4-12H2,1-3H3,(H,18,22)(H2,17,19,20). The van der Waals surface area contributed by atoms with Crippen molar-refractivity contribution >= 4 is 11.9 Å². The summed E-state index contributed by atoms with van der Waals surface area (Å²) in [6.45, 7) is 5.89. The number of carbonyl (C=O) groups excluding carboxylic acids is 1. The molecule has 0 bridgehead atoms. The molecule has 0 radical (unpaired) electrons. The van der Waals surface area contributed by atoms with E-state index in [4.69, 9.17) is 9.73 Å². The molecule has 1 unspecified atom stereocenters. The summed E-state index contributed by atoms with van der Waals surface area (Å²) in [4.78, 5) is 18.4. The molecule has 2 aliphatic heterocycles. The summed E-state index contributed by atoms with van der Waals surface area (Å²) in [5, 5.41) is 9.66. The Hall–Kier alpha value is -1.34. The Kier molecular flexibility index (Phi) is 6.65. The van der Waals surface area contributed by atoms with Gasteiger partial charge in [-0.3, -0.25) is 9.79 Å². The van der Waals surface area contributed by atoms with Crippen LogP contribution in [-0.2, 0) is 9.53 Å². The molecule has 7 heteroatoms. The van der Waals surface area contributed by atoms with Gasteiger partial charge in [-0.2, -0.15) is 0 Å². The van der Waals surface area contributed by atoms with Crippen molar-refractivity contribution in [2.75, 3.05) is 46.9 Å². The van der Waals surface area contributed by atoms with Crippen LogP contribution in [0, 0.1) is 0 Å². The summed E-state index contributed by atoms with van der Waals surface area (Å²) < 4.78 is 5.51. The molecule has 2 saturated heterocycles. The number of aliphatic imine (C=N–C) groups is 1. The lowest BCUT2D eigenvalue weighted by atomic mass is 9.89. The van der Waals surface area contributed by atoms with Gasteiger partial charge in [0.15, 0.2) is 5.96 Å². The van der Waals surface area contributed by atoms with Crippen LogP contribution in [0.15, 0.2) is 4.99 Å². The molecule has 0 aromatic carbocycles. The number of nitrogens with zero attached hydrogens (tertiary/aromatic N) is 2. The van der Waals surface area contributed by atoms with E-state index < -0.39 is 0 Å². The quantitative estimate of drug-likeness (QED) is 0.487. The van der Waals surface area contributed by atoms with Gasteiger partial charge in [0.25, 0.3) is 0 Å². The Labute approximate surface area is 139 Å². The first-order valence-electron chi connectivity index (χ1n) is 8.62. The van der Waals surface area contributed by atoms with Crippen LogP contribution in [0.1, 0.15) is 32.6 Å². The van der Waals surface area contributed by atoms with E-state index in [1.165, 1.54) is 0 Å². The summed E-state index contributed by atoms with van der Waals surface area (Å²) in [7, 11) is 4.25. The van der Waals surface area contributed by atoms with E-state index in [0.717, 1.165) is 51.5 Å². The second-order valence-electron chi connectivity index (χ2n) is 6.61. The average molecular weight is 325 g/mol. The summed E-state index contributed by atoms with van der Waals surface area (Å²) in [5.41, 5.74) is 0.0708. The molecular weight excluding hydrogens is 294 g/mol. The molecule has 0 aliphatic carbocycles. The molecule has 0 spiro atoms. The van der Waals surface area contributed by atoms with Crippen molar-refractivity contribution in [2.24, 2.45) is 4.99 Å². The van der Waals surface area contributed by atoms with Crippen molar-refractivity contribution in [3.63, 3.8) is 0 Å². The zero-order valence-corrected chi connectivity index (χ0v) is 14.7. The fraction of sp³-hybridized carbons (Fsp3) is 0.875. The largest absolute Gasteiger partial charge is 0.381 e. The number of guanidine groups is 1. The highest BCUT2D eigenvalue weighted by Gasteiger charge is 2.34. The molecule has 2 rings (SSSR count). The Morgan fingerprint density at radius 2 is 2.17 bits per heavy atom. The van der Waals surface area contributed by atoms with Crippen LogP contribution in [0.4, 0.5) is 0 Å². The van der Waals surface area contributed by atoms with Crippen LogP contribution in [0.5, 0.6) is 0 Å². The third kappa shape index (κ3) is 5.07. The Balaban J connectivity index is 1.97. The third-order valence-corrected chi connectivity index (χ3v) is 4.85. The van der Waals surface area contributed by atoms with E-state index in [1.54, 1.807) is 0 Å². The smallest absolute Gasteiger partial charge is 0.220 e. The molecule has 2 fully saturated rings. The van der Waals surface area contributed by atoms with Crippen molar-refractivity contribution in [2.45, 2.75) is 44.2 Å². The SMILES string of the molecule is CCNC(=NCC1(N(C)C)CCOCC1)NC1CCC(=O)NC1. The van der Waals surface area contributed by atoms with Gasteiger partial charge in [0.1, 0.15) is 0 Å². The van der Waals surface area contributed by atoms with Crippen LogP contribution in [-0.4, -0.2) is 75.3 Å². The van der Waals surface area contributed by atoms with Crippen LogP contribution >= 0.6 is 0 Å². The maximum atomic E-state index is 11.3. The number of likely N-dealkylation sites (N-methyl/N-ethyl adjacent to an activating group) is 1. The van der Waals surface area contributed by atoms with Gasteiger partial charge in [0, 0.05) is 44.3 Å². The molecule has 1 amide bonds. The van der Waals surface area contributed by atoms with Crippen LogP contribution < -0.4 is 16.0 Å². The number of piperidine rings is 1. The van der Waals surface area contributed by atoms with Crippen molar-refractivity contribution in [3.8, 4) is 0 Å². The minimum absolute atomic E-state index is 0.0708. The van der Waals surface area contributed by atoms with E-state index in [0.29, 0.717) is 13.0 Å². The van der Waals surface area contributed by atoms with Gasteiger partial charge in [-0.1, -0.05) is 0 Å². The first-order chi connectivity index (χ1) is 11.1. The normalized spacial score (nSPS) is 25.1. The highest BCUT2D eigenvalue weighted by Crippen LogP contribution is 2.26. The Morgan fingerprint density at radius 3 is 2.74 bits per heavy atom. The summed E-state index contributed by atoms with van der Waals surface area (Å²) in [6.07, 6.45) is 3.43. The van der Waals surface area contributed by atoms with Crippen molar-refractivity contribution in [1.29, 1.82) is 0 Å². The molecule has 3 N–H and O–H groups in total. The highest BCUT2D eigenvalue weighted by atomic mass is 16.5. The number of hydrogen-bond acceptors (Lipinski definition) is 4. The Bertz CT molecular complexity index is 409. The number of rotatable bonds is 5. The Morgan fingerprint density at radius 1 is 1.43 bits per heavy atom.